The maximum atomic E-state index is 12.6. The minimum absolute atomic E-state index is 0.0992. The van der Waals surface area contributed by atoms with Crippen LogP contribution in [0.5, 0.6) is 0 Å². The predicted molar refractivity (Wildman–Crippen MR) is 95.0 cm³/mol. The van der Waals surface area contributed by atoms with E-state index in [1.54, 1.807) is 6.07 Å². The van der Waals surface area contributed by atoms with Crippen LogP contribution in [0.25, 0.3) is 11.0 Å². The van der Waals surface area contributed by atoms with Crippen molar-refractivity contribution in [2.75, 3.05) is 6.54 Å². The van der Waals surface area contributed by atoms with Gasteiger partial charge in [-0.2, -0.15) is 0 Å². The van der Waals surface area contributed by atoms with Crippen LogP contribution >= 0.6 is 0 Å². The highest BCUT2D eigenvalue weighted by Gasteiger charge is 2.44. The van der Waals surface area contributed by atoms with Gasteiger partial charge in [-0.25, -0.2) is 17.9 Å². The molecule has 0 spiro atoms. The monoisotopic (exact) mass is 355 g/mol. The Morgan fingerprint density at radius 3 is 2.48 bits per heavy atom. The van der Waals surface area contributed by atoms with Gasteiger partial charge in [0.15, 0.2) is 0 Å². The summed E-state index contributed by atoms with van der Waals surface area (Å²) in [6.45, 7) is 0.376. The van der Waals surface area contributed by atoms with Crippen molar-refractivity contribution < 1.29 is 12.8 Å². The van der Waals surface area contributed by atoms with Gasteiger partial charge in [-0.3, -0.25) is 0 Å². The lowest BCUT2D eigenvalue weighted by Crippen LogP contribution is -2.32. The lowest BCUT2D eigenvalue weighted by Gasteiger charge is -2.16. The van der Waals surface area contributed by atoms with Crippen LogP contribution in [0.4, 0.5) is 0 Å². The summed E-state index contributed by atoms with van der Waals surface area (Å²) in [6, 6.07) is 17.3. The van der Waals surface area contributed by atoms with Gasteiger partial charge in [0.25, 0.3) is 0 Å². The molecule has 5 nitrogen and oxygen atoms in total. The van der Waals surface area contributed by atoms with E-state index in [-0.39, 0.29) is 10.3 Å². The zero-order valence-corrected chi connectivity index (χ0v) is 14.3. The van der Waals surface area contributed by atoms with Gasteiger partial charge in [-0.15, -0.1) is 0 Å². The van der Waals surface area contributed by atoms with Crippen LogP contribution in [0.1, 0.15) is 18.4 Å². The van der Waals surface area contributed by atoms with Crippen LogP contribution in [0.3, 0.4) is 0 Å². The molecule has 1 saturated carbocycles. The molecule has 128 valence electrons. The maximum Gasteiger partial charge on any atom is 0.336 e. The van der Waals surface area contributed by atoms with Crippen LogP contribution in [0, 0.1) is 0 Å². The molecule has 1 aliphatic rings. The molecule has 6 heteroatoms. The van der Waals surface area contributed by atoms with E-state index in [1.165, 1.54) is 24.3 Å². The first-order valence-corrected chi connectivity index (χ1v) is 9.56. The average molecular weight is 355 g/mol. The van der Waals surface area contributed by atoms with E-state index in [4.69, 9.17) is 4.42 Å². The maximum absolute atomic E-state index is 12.6. The summed E-state index contributed by atoms with van der Waals surface area (Å²) in [7, 11) is -3.63. The second kappa shape index (κ2) is 5.82. The highest BCUT2D eigenvalue weighted by Crippen LogP contribution is 2.47. The van der Waals surface area contributed by atoms with Crippen LogP contribution < -0.4 is 10.3 Å². The zero-order chi connectivity index (χ0) is 17.5. The molecule has 0 unspecified atom stereocenters. The quantitative estimate of drug-likeness (QED) is 0.714. The third kappa shape index (κ3) is 3.10. The second-order valence-electron chi connectivity index (χ2n) is 6.42. The summed E-state index contributed by atoms with van der Waals surface area (Å²) in [5.74, 6) is 0. The number of benzene rings is 2. The molecule has 0 radical (unpaired) electrons. The van der Waals surface area contributed by atoms with Crippen molar-refractivity contribution in [2.24, 2.45) is 0 Å². The lowest BCUT2D eigenvalue weighted by atomic mass is 9.96. The molecule has 0 amide bonds. The van der Waals surface area contributed by atoms with E-state index in [0.717, 1.165) is 18.4 Å². The van der Waals surface area contributed by atoms with Crippen LogP contribution in [0.15, 0.2) is 74.8 Å². The van der Waals surface area contributed by atoms with Crippen molar-refractivity contribution in [3.8, 4) is 0 Å². The van der Waals surface area contributed by atoms with E-state index < -0.39 is 15.6 Å². The van der Waals surface area contributed by atoms with Gasteiger partial charge in [0.1, 0.15) is 5.58 Å². The molecule has 1 heterocycles. The molecule has 4 rings (SSSR count). The second-order valence-corrected chi connectivity index (χ2v) is 8.19. The Hall–Kier alpha value is -2.44. The number of rotatable bonds is 5. The molecule has 3 aromatic rings. The van der Waals surface area contributed by atoms with Crippen molar-refractivity contribution in [1.29, 1.82) is 0 Å². The summed E-state index contributed by atoms with van der Waals surface area (Å²) < 4.78 is 33.1. The van der Waals surface area contributed by atoms with E-state index in [2.05, 4.69) is 4.72 Å². The van der Waals surface area contributed by atoms with Crippen LogP contribution in [-0.4, -0.2) is 15.0 Å². The minimum Gasteiger partial charge on any atom is -0.423 e. The Kier molecular flexibility index (Phi) is 3.74. The summed E-state index contributed by atoms with van der Waals surface area (Å²) in [6.07, 6.45) is 1.95. The summed E-state index contributed by atoms with van der Waals surface area (Å²) in [4.78, 5) is 11.4. The van der Waals surface area contributed by atoms with Gasteiger partial charge in [-0.1, -0.05) is 30.3 Å². The van der Waals surface area contributed by atoms with Gasteiger partial charge in [0, 0.05) is 23.4 Å². The fourth-order valence-electron chi connectivity index (χ4n) is 3.04. The highest BCUT2D eigenvalue weighted by atomic mass is 32.2. The highest BCUT2D eigenvalue weighted by molar-refractivity contribution is 7.89. The number of fused-ring (bicyclic) bond motifs is 1. The van der Waals surface area contributed by atoms with E-state index in [9.17, 15) is 13.2 Å². The molecular formula is C19H17NO4S. The molecule has 0 saturated heterocycles. The predicted octanol–water partition coefficient (Wildman–Crippen LogP) is 2.80. The van der Waals surface area contributed by atoms with Crippen LogP contribution in [0.2, 0.25) is 0 Å². The SMILES string of the molecule is O=c1ccc2cc(S(=O)(=O)NCC3(c4ccccc4)CC3)ccc2o1. The van der Waals surface area contributed by atoms with Gasteiger partial charge >= 0.3 is 5.63 Å². The summed E-state index contributed by atoms with van der Waals surface area (Å²) in [5, 5.41) is 0.576. The molecule has 25 heavy (non-hydrogen) atoms. The van der Waals surface area contributed by atoms with E-state index in [0.29, 0.717) is 17.5 Å². The average Bonchev–Trinajstić information content (AvgIpc) is 3.42. The molecule has 1 fully saturated rings. The standard InChI is InChI=1S/C19H17NO4S/c21-18-9-6-14-12-16(7-8-17(14)24-18)25(22,23)20-13-19(10-11-19)15-4-2-1-3-5-15/h1-9,12,20H,10-11,13H2. The molecule has 2 aromatic carbocycles. The Labute approximate surface area is 145 Å². The normalized spacial score (nSPS) is 16.0. The smallest absolute Gasteiger partial charge is 0.336 e. The lowest BCUT2D eigenvalue weighted by molar-refractivity contribution is 0.559. The summed E-state index contributed by atoms with van der Waals surface area (Å²) >= 11 is 0. The Balaban J connectivity index is 1.58. The number of nitrogens with one attached hydrogen (secondary N) is 1. The molecule has 0 bridgehead atoms. The summed E-state index contributed by atoms with van der Waals surface area (Å²) in [5.41, 5.74) is 0.977. The van der Waals surface area contributed by atoms with E-state index >= 15 is 0 Å². The fourth-order valence-corrected chi connectivity index (χ4v) is 4.21. The first-order valence-electron chi connectivity index (χ1n) is 8.08. The Bertz CT molecular complexity index is 1080. The molecule has 1 aromatic heterocycles. The Morgan fingerprint density at radius 1 is 1.00 bits per heavy atom. The van der Waals surface area contributed by atoms with Gasteiger partial charge in [-0.05, 0) is 42.7 Å². The number of sulfonamides is 1. The molecule has 0 atom stereocenters. The van der Waals surface area contributed by atoms with Gasteiger partial charge in [0.05, 0.1) is 4.90 Å². The topological polar surface area (TPSA) is 76.4 Å². The van der Waals surface area contributed by atoms with Gasteiger partial charge < -0.3 is 4.42 Å². The largest absolute Gasteiger partial charge is 0.423 e. The molecule has 0 aliphatic heterocycles. The van der Waals surface area contributed by atoms with Crippen molar-refractivity contribution in [3.63, 3.8) is 0 Å². The van der Waals surface area contributed by atoms with Crippen molar-refractivity contribution in [3.05, 3.63) is 76.6 Å². The van der Waals surface area contributed by atoms with Gasteiger partial charge in [0.2, 0.25) is 10.0 Å². The van der Waals surface area contributed by atoms with E-state index in [1.807, 2.05) is 30.3 Å². The third-order valence-electron chi connectivity index (χ3n) is 4.74. The first kappa shape index (κ1) is 16.1. The first-order chi connectivity index (χ1) is 12.0. The number of hydrogen-bond donors (Lipinski definition) is 1. The number of hydrogen-bond acceptors (Lipinski definition) is 4. The zero-order valence-electron chi connectivity index (χ0n) is 13.4. The fraction of sp³-hybridized carbons (Fsp3) is 0.211. The minimum atomic E-state index is -3.63. The third-order valence-corrected chi connectivity index (χ3v) is 6.14. The molecular weight excluding hydrogens is 338 g/mol. The molecule has 1 aliphatic carbocycles. The van der Waals surface area contributed by atoms with Crippen LogP contribution in [-0.2, 0) is 15.4 Å². The Morgan fingerprint density at radius 2 is 1.76 bits per heavy atom. The molecule has 1 N–H and O–H groups in total. The van der Waals surface area contributed by atoms with Crippen molar-refractivity contribution >= 4 is 21.0 Å². The van der Waals surface area contributed by atoms with Crippen molar-refractivity contribution in [2.45, 2.75) is 23.2 Å². The van der Waals surface area contributed by atoms with Crippen molar-refractivity contribution in [1.82, 2.24) is 4.72 Å².